The molecule has 1 aromatic rings. The molecule has 1 atom stereocenters. The minimum absolute atomic E-state index is 0.110. The van der Waals surface area contributed by atoms with E-state index in [2.05, 4.69) is 23.3 Å². The zero-order chi connectivity index (χ0) is 16.2. The van der Waals surface area contributed by atoms with Gasteiger partial charge in [-0.15, -0.1) is 5.10 Å². The third kappa shape index (κ3) is 3.32. The fourth-order valence-corrected chi connectivity index (χ4v) is 3.63. The lowest BCUT2D eigenvalue weighted by atomic mass is 9.95. The number of allylic oxidation sites excluding steroid dienone is 1. The maximum atomic E-state index is 12.8. The zero-order valence-corrected chi connectivity index (χ0v) is 14.1. The molecule has 2 aliphatic rings. The Bertz CT molecular complexity index is 593. The predicted octanol–water partition coefficient (Wildman–Crippen LogP) is 2.26. The summed E-state index contributed by atoms with van der Waals surface area (Å²) in [6.45, 7) is 4.07. The van der Waals surface area contributed by atoms with Crippen molar-refractivity contribution in [2.24, 2.45) is 0 Å². The van der Waals surface area contributed by atoms with Crippen LogP contribution in [0.4, 0.5) is 0 Å². The number of amides is 1. The van der Waals surface area contributed by atoms with Gasteiger partial charge in [0.15, 0.2) is 0 Å². The second kappa shape index (κ2) is 7.25. The molecule has 1 aromatic heterocycles. The number of methoxy groups -OCH3 is 1. The average molecular weight is 318 g/mol. The van der Waals surface area contributed by atoms with E-state index in [4.69, 9.17) is 4.74 Å². The van der Waals surface area contributed by atoms with Crippen LogP contribution in [-0.2, 0) is 22.5 Å². The number of ether oxygens (including phenoxy) is 1. The van der Waals surface area contributed by atoms with Gasteiger partial charge in [-0.2, -0.15) is 0 Å². The van der Waals surface area contributed by atoms with E-state index in [0.717, 1.165) is 43.7 Å². The molecule has 126 valence electrons. The molecular formula is C17H26N4O2. The van der Waals surface area contributed by atoms with Crippen LogP contribution in [0.3, 0.4) is 0 Å². The Morgan fingerprint density at radius 2 is 2.26 bits per heavy atom. The minimum Gasteiger partial charge on any atom is -0.382 e. The van der Waals surface area contributed by atoms with Crippen LogP contribution in [0.1, 0.15) is 56.5 Å². The van der Waals surface area contributed by atoms with Crippen molar-refractivity contribution in [1.82, 2.24) is 19.9 Å². The first-order valence-corrected chi connectivity index (χ1v) is 8.63. The van der Waals surface area contributed by atoms with E-state index in [-0.39, 0.29) is 11.9 Å². The molecule has 0 unspecified atom stereocenters. The SMILES string of the molecule is CCn1nnc2c1CCN(C(=O)CC1=CCCCC1)[C@H]2COC. The van der Waals surface area contributed by atoms with E-state index < -0.39 is 0 Å². The van der Waals surface area contributed by atoms with Crippen molar-refractivity contribution < 1.29 is 9.53 Å². The number of aromatic nitrogens is 3. The van der Waals surface area contributed by atoms with Crippen LogP contribution in [0.25, 0.3) is 0 Å². The van der Waals surface area contributed by atoms with Crippen LogP contribution in [0.2, 0.25) is 0 Å². The first kappa shape index (κ1) is 16.2. The fraction of sp³-hybridized carbons (Fsp3) is 0.706. The molecule has 2 heterocycles. The Kier molecular flexibility index (Phi) is 5.10. The molecule has 0 spiro atoms. The minimum atomic E-state index is -0.110. The molecule has 6 nitrogen and oxygen atoms in total. The van der Waals surface area contributed by atoms with Gasteiger partial charge in [0.1, 0.15) is 11.7 Å². The molecular weight excluding hydrogens is 292 g/mol. The molecule has 0 N–H and O–H groups in total. The van der Waals surface area contributed by atoms with Crippen LogP contribution in [0, 0.1) is 0 Å². The van der Waals surface area contributed by atoms with Gasteiger partial charge >= 0.3 is 0 Å². The Hall–Kier alpha value is -1.69. The largest absolute Gasteiger partial charge is 0.382 e. The number of nitrogens with zero attached hydrogens (tertiary/aromatic N) is 4. The molecule has 0 saturated heterocycles. The lowest BCUT2D eigenvalue weighted by molar-refractivity contribution is -0.134. The van der Waals surface area contributed by atoms with E-state index in [1.54, 1.807) is 7.11 Å². The normalized spacial score (nSPS) is 21.0. The molecule has 6 heteroatoms. The molecule has 1 amide bonds. The van der Waals surface area contributed by atoms with Crippen LogP contribution in [0.15, 0.2) is 11.6 Å². The Morgan fingerprint density at radius 3 is 2.96 bits per heavy atom. The number of carbonyl (C=O) groups is 1. The highest BCUT2D eigenvalue weighted by atomic mass is 16.5. The molecule has 0 radical (unpaired) electrons. The Labute approximate surface area is 137 Å². The summed E-state index contributed by atoms with van der Waals surface area (Å²) in [5, 5.41) is 8.55. The van der Waals surface area contributed by atoms with Crippen LogP contribution < -0.4 is 0 Å². The maximum Gasteiger partial charge on any atom is 0.227 e. The van der Waals surface area contributed by atoms with Crippen LogP contribution in [0.5, 0.6) is 0 Å². The van der Waals surface area contributed by atoms with Gasteiger partial charge in [-0.05, 0) is 32.6 Å². The number of carbonyl (C=O) groups excluding carboxylic acids is 1. The van der Waals surface area contributed by atoms with Gasteiger partial charge in [-0.3, -0.25) is 4.79 Å². The summed E-state index contributed by atoms with van der Waals surface area (Å²) >= 11 is 0. The Morgan fingerprint density at radius 1 is 1.39 bits per heavy atom. The molecule has 0 saturated carbocycles. The summed E-state index contributed by atoms with van der Waals surface area (Å²) in [6, 6.07) is -0.110. The van der Waals surface area contributed by atoms with E-state index in [0.29, 0.717) is 13.0 Å². The molecule has 3 rings (SSSR count). The Balaban J connectivity index is 1.78. The van der Waals surface area contributed by atoms with Gasteiger partial charge in [-0.1, -0.05) is 16.9 Å². The average Bonchev–Trinajstić information content (AvgIpc) is 2.99. The lowest BCUT2D eigenvalue weighted by Crippen LogP contribution is -2.42. The highest BCUT2D eigenvalue weighted by Gasteiger charge is 2.34. The van der Waals surface area contributed by atoms with E-state index in [9.17, 15) is 4.79 Å². The highest BCUT2D eigenvalue weighted by Crippen LogP contribution is 2.30. The van der Waals surface area contributed by atoms with Gasteiger partial charge in [0, 0.05) is 33.0 Å². The maximum absolute atomic E-state index is 12.8. The molecule has 0 aromatic carbocycles. The van der Waals surface area contributed by atoms with Crippen molar-refractivity contribution >= 4 is 5.91 Å². The quantitative estimate of drug-likeness (QED) is 0.781. The van der Waals surface area contributed by atoms with Gasteiger partial charge in [0.25, 0.3) is 0 Å². The van der Waals surface area contributed by atoms with E-state index >= 15 is 0 Å². The molecule has 1 aliphatic heterocycles. The topological polar surface area (TPSA) is 60.2 Å². The van der Waals surface area contributed by atoms with Crippen molar-refractivity contribution in [3.05, 3.63) is 23.0 Å². The third-order valence-corrected chi connectivity index (χ3v) is 4.86. The number of rotatable bonds is 5. The van der Waals surface area contributed by atoms with Crippen molar-refractivity contribution in [3.8, 4) is 0 Å². The first-order valence-electron chi connectivity index (χ1n) is 8.63. The number of aryl methyl sites for hydroxylation is 1. The highest BCUT2D eigenvalue weighted by molar-refractivity contribution is 5.79. The monoisotopic (exact) mass is 318 g/mol. The standard InChI is InChI=1S/C17H26N4O2/c1-3-21-14-9-10-20(15(12-23-2)17(14)18-19-21)16(22)11-13-7-5-4-6-8-13/h7,15H,3-6,8-12H2,1-2H3/t15-/m0/s1. The number of hydrogen-bond donors (Lipinski definition) is 0. The van der Waals surface area contributed by atoms with Crippen molar-refractivity contribution in [3.63, 3.8) is 0 Å². The summed E-state index contributed by atoms with van der Waals surface area (Å²) in [7, 11) is 1.67. The number of fused-ring (bicyclic) bond motifs is 1. The zero-order valence-electron chi connectivity index (χ0n) is 14.1. The number of hydrogen-bond acceptors (Lipinski definition) is 4. The van der Waals surface area contributed by atoms with Crippen LogP contribution in [-0.4, -0.2) is 46.1 Å². The lowest BCUT2D eigenvalue weighted by Gasteiger charge is -2.35. The van der Waals surface area contributed by atoms with Crippen LogP contribution >= 0.6 is 0 Å². The second-order valence-corrected chi connectivity index (χ2v) is 6.33. The summed E-state index contributed by atoms with van der Waals surface area (Å²) in [5.41, 5.74) is 3.35. The molecule has 23 heavy (non-hydrogen) atoms. The smallest absolute Gasteiger partial charge is 0.227 e. The van der Waals surface area contributed by atoms with E-state index in [1.165, 1.54) is 18.4 Å². The third-order valence-electron chi connectivity index (χ3n) is 4.86. The van der Waals surface area contributed by atoms with Gasteiger partial charge in [-0.25, -0.2) is 4.68 Å². The van der Waals surface area contributed by atoms with Gasteiger partial charge in [0.2, 0.25) is 5.91 Å². The summed E-state index contributed by atoms with van der Waals surface area (Å²) in [4.78, 5) is 14.8. The molecule has 1 aliphatic carbocycles. The van der Waals surface area contributed by atoms with Gasteiger partial charge in [0.05, 0.1) is 12.3 Å². The van der Waals surface area contributed by atoms with E-state index in [1.807, 2.05) is 9.58 Å². The van der Waals surface area contributed by atoms with Crippen molar-refractivity contribution in [2.75, 3.05) is 20.3 Å². The summed E-state index contributed by atoms with van der Waals surface area (Å²) in [5.74, 6) is 0.192. The first-order chi connectivity index (χ1) is 11.2. The summed E-state index contributed by atoms with van der Waals surface area (Å²) < 4.78 is 7.30. The summed E-state index contributed by atoms with van der Waals surface area (Å²) in [6.07, 6.45) is 8.23. The second-order valence-electron chi connectivity index (χ2n) is 6.33. The van der Waals surface area contributed by atoms with Gasteiger partial charge < -0.3 is 9.64 Å². The van der Waals surface area contributed by atoms with Crippen molar-refractivity contribution in [1.29, 1.82) is 0 Å². The predicted molar refractivity (Wildman–Crippen MR) is 86.9 cm³/mol. The molecule has 0 bridgehead atoms. The molecule has 0 fully saturated rings. The van der Waals surface area contributed by atoms with Crippen molar-refractivity contribution in [2.45, 2.75) is 58.0 Å². The fourth-order valence-electron chi connectivity index (χ4n) is 3.63.